The van der Waals surface area contributed by atoms with Crippen molar-refractivity contribution in [1.82, 2.24) is 5.32 Å². The Morgan fingerprint density at radius 3 is 2.81 bits per heavy atom. The molecule has 1 saturated heterocycles. The Labute approximate surface area is 106 Å². The summed E-state index contributed by atoms with van der Waals surface area (Å²) < 4.78 is 6.96. The second-order valence-corrected chi connectivity index (χ2v) is 5.12. The first kappa shape index (κ1) is 12.1. The minimum Gasteiger partial charge on any atom is -0.373 e. The molecule has 0 bridgehead atoms. The van der Waals surface area contributed by atoms with Gasteiger partial charge in [0.25, 0.3) is 0 Å². The lowest BCUT2D eigenvalue weighted by atomic mass is 9.95. The summed E-state index contributed by atoms with van der Waals surface area (Å²) in [6.45, 7) is 5.11. The van der Waals surface area contributed by atoms with Crippen LogP contribution in [0.2, 0.25) is 0 Å². The summed E-state index contributed by atoms with van der Waals surface area (Å²) in [7, 11) is 0. The van der Waals surface area contributed by atoms with E-state index in [0.29, 0.717) is 5.92 Å². The van der Waals surface area contributed by atoms with Gasteiger partial charge in [0.2, 0.25) is 0 Å². The molecule has 1 N–H and O–H groups in total. The molecule has 1 aromatic rings. The number of rotatable bonds is 4. The normalized spacial score (nSPS) is 24.9. The van der Waals surface area contributed by atoms with Gasteiger partial charge in [-0.15, -0.1) is 0 Å². The number of halogens is 1. The molecule has 0 spiro atoms. The van der Waals surface area contributed by atoms with E-state index in [1.807, 2.05) is 0 Å². The quantitative estimate of drug-likeness (QED) is 0.917. The lowest BCUT2D eigenvalue weighted by Crippen LogP contribution is -2.24. The van der Waals surface area contributed by atoms with E-state index in [1.165, 1.54) is 5.56 Å². The van der Waals surface area contributed by atoms with Crippen LogP contribution in [0.15, 0.2) is 28.7 Å². The standard InChI is InChI=1S/C13H18BrNO/c1-2-15-9-11-7-8-16-13(11)10-3-5-12(14)6-4-10/h3-6,11,13,15H,2,7-9H2,1H3. The maximum absolute atomic E-state index is 5.83. The summed E-state index contributed by atoms with van der Waals surface area (Å²) in [6, 6.07) is 8.47. The van der Waals surface area contributed by atoms with Crippen LogP contribution < -0.4 is 5.32 Å². The highest BCUT2D eigenvalue weighted by molar-refractivity contribution is 9.10. The van der Waals surface area contributed by atoms with Crippen molar-refractivity contribution in [1.29, 1.82) is 0 Å². The minimum absolute atomic E-state index is 0.271. The third-order valence-electron chi connectivity index (χ3n) is 3.07. The molecule has 1 aliphatic heterocycles. The van der Waals surface area contributed by atoms with Crippen LogP contribution in [-0.4, -0.2) is 19.7 Å². The predicted molar refractivity (Wildman–Crippen MR) is 69.5 cm³/mol. The van der Waals surface area contributed by atoms with Gasteiger partial charge in [-0.2, -0.15) is 0 Å². The maximum atomic E-state index is 5.83. The van der Waals surface area contributed by atoms with Gasteiger partial charge >= 0.3 is 0 Å². The van der Waals surface area contributed by atoms with Crippen LogP contribution in [-0.2, 0) is 4.74 Å². The van der Waals surface area contributed by atoms with E-state index in [0.717, 1.165) is 30.6 Å². The summed E-state index contributed by atoms with van der Waals surface area (Å²) in [5.74, 6) is 0.612. The first-order chi connectivity index (χ1) is 7.81. The van der Waals surface area contributed by atoms with Gasteiger partial charge < -0.3 is 10.1 Å². The SMILES string of the molecule is CCNCC1CCOC1c1ccc(Br)cc1. The molecular weight excluding hydrogens is 266 g/mol. The van der Waals surface area contributed by atoms with Crippen LogP contribution in [0.4, 0.5) is 0 Å². The van der Waals surface area contributed by atoms with Gasteiger partial charge in [-0.05, 0) is 30.7 Å². The van der Waals surface area contributed by atoms with Crippen LogP contribution in [0.1, 0.15) is 25.0 Å². The van der Waals surface area contributed by atoms with Crippen molar-refractivity contribution in [3.05, 3.63) is 34.3 Å². The molecule has 2 atom stereocenters. The second-order valence-electron chi connectivity index (χ2n) is 4.20. The van der Waals surface area contributed by atoms with E-state index in [4.69, 9.17) is 4.74 Å². The average Bonchev–Trinajstić information content (AvgIpc) is 2.75. The monoisotopic (exact) mass is 283 g/mol. The molecule has 0 saturated carbocycles. The summed E-state index contributed by atoms with van der Waals surface area (Å²) >= 11 is 3.46. The molecule has 2 unspecified atom stereocenters. The number of benzene rings is 1. The molecule has 16 heavy (non-hydrogen) atoms. The Kier molecular flexibility index (Phi) is 4.38. The molecule has 0 aliphatic carbocycles. The highest BCUT2D eigenvalue weighted by Crippen LogP contribution is 2.34. The molecule has 0 amide bonds. The molecule has 1 aliphatic rings. The fourth-order valence-corrected chi connectivity index (χ4v) is 2.46. The summed E-state index contributed by atoms with van der Waals surface area (Å²) in [4.78, 5) is 0. The van der Waals surface area contributed by atoms with E-state index in [9.17, 15) is 0 Å². The van der Waals surface area contributed by atoms with E-state index >= 15 is 0 Å². The molecule has 2 rings (SSSR count). The largest absolute Gasteiger partial charge is 0.373 e. The third-order valence-corrected chi connectivity index (χ3v) is 3.60. The maximum Gasteiger partial charge on any atom is 0.0866 e. The van der Waals surface area contributed by atoms with E-state index in [-0.39, 0.29) is 6.10 Å². The van der Waals surface area contributed by atoms with Gasteiger partial charge in [-0.3, -0.25) is 0 Å². The Morgan fingerprint density at radius 2 is 2.12 bits per heavy atom. The van der Waals surface area contributed by atoms with E-state index < -0.39 is 0 Å². The van der Waals surface area contributed by atoms with Crippen molar-refractivity contribution in [2.75, 3.05) is 19.7 Å². The van der Waals surface area contributed by atoms with Gasteiger partial charge in [0.1, 0.15) is 0 Å². The molecule has 2 nitrogen and oxygen atoms in total. The highest BCUT2D eigenvalue weighted by Gasteiger charge is 2.28. The topological polar surface area (TPSA) is 21.3 Å². The van der Waals surface area contributed by atoms with E-state index in [2.05, 4.69) is 52.4 Å². The van der Waals surface area contributed by atoms with Crippen LogP contribution in [0, 0.1) is 5.92 Å². The highest BCUT2D eigenvalue weighted by atomic mass is 79.9. The summed E-state index contributed by atoms with van der Waals surface area (Å²) in [5, 5.41) is 3.41. The van der Waals surface area contributed by atoms with Gasteiger partial charge in [0.15, 0.2) is 0 Å². The molecule has 0 radical (unpaired) electrons. The lowest BCUT2D eigenvalue weighted by molar-refractivity contribution is 0.0906. The second kappa shape index (κ2) is 5.80. The first-order valence-corrected chi connectivity index (χ1v) is 6.68. The third kappa shape index (κ3) is 2.84. The van der Waals surface area contributed by atoms with Crippen LogP contribution in [0.3, 0.4) is 0 Å². The van der Waals surface area contributed by atoms with E-state index in [1.54, 1.807) is 0 Å². The summed E-state index contributed by atoms with van der Waals surface area (Å²) in [6.07, 6.45) is 1.43. The number of ether oxygens (including phenoxy) is 1. The molecule has 88 valence electrons. The van der Waals surface area contributed by atoms with Crippen LogP contribution in [0.5, 0.6) is 0 Å². The van der Waals surface area contributed by atoms with Crippen molar-refractivity contribution in [2.24, 2.45) is 5.92 Å². The van der Waals surface area contributed by atoms with Crippen LogP contribution >= 0.6 is 15.9 Å². The first-order valence-electron chi connectivity index (χ1n) is 5.89. The zero-order chi connectivity index (χ0) is 11.4. The Bertz CT molecular complexity index is 325. The predicted octanol–water partition coefficient (Wildman–Crippen LogP) is 3.14. The minimum atomic E-state index is 0.271. The average molecular weight is 284 g/mol. The van der Waals surface area contributed by atoms with Crippen molar-refractivity contribution in [3.63, 3.8) is 0 Å². The smallest absolute Gasteiger partial charge is 0.0866 e. The molecule has 1 aromatic carbocycles. The Hall–Kier alpha value is -0.380. The van der Waals surface area contributed by atoms with Gasteiger partial charge in [-0.25, -0.2) is 0 Å². The number of hydrogen-bond donors (Lipinski definition) is 1. The van der Waals surface area contributed by atoms with Crippen LogP contribution in [0.25, 0.3) is 0 Å². The fourth-order valence-electron chi connectivity index (χ4n) is 2.19. The van der Waals surface area contributed by atoms with Gasteiger partial charge in [-0.1, -0.05) is 35.0 Å². The molecule has 1 heterocycles. The zero-order valence-corrected chi connectivity index (χ0v) is 11.2. The van der Waals surface area contributed by atoms with Gasteiger partial charge in [0, 0.05) is 23.5 Å². The molecule has 1 fully saturated rings. The zero-order valence-electron chi connectivity index (χ0n) is 9.58. The van der Waals surface area contributed by atoms with Crippen molar-refractivity contribution >= 4 is 15.9 Å². The lowest BCUT2D eigenvalue weighted by Gasteiger charge is -2.19. The van der Waals surface area contributed by atoms with Gasteiger partial charge in [0.05, 0.1) is 6.10 Å². The van der Waals surface area contributed by atoms with Crippen molar-refractivity contribution in [3.8, 4) is 0 Å². The number of nitrogens with one attached hydrogen (secondary N) is 1. The molecular formula is C13H18BrNO. The Balaban J connectivity index is 2.04. The summed E-state index contributed by atoms with van der Waals surface area (Å²) in [5.41, 5.74) is 1.30. The van der Waals surface area contributed by atoms with Crippen molar-refractivity contribution < 1.29 is 4.74 Å². The molecule has 0 aromatic heterocycles. The number of hydrogen-bond acceptors (Lipinski definition) is 2. The molecule has 3 heteroatoms. The fraction of sp³-hybridized carbons (Fsp3) is 0.538. The Morgan fingerprint density at radius 1 is 1.38 bits per heavy atom. The van der Waals surface area contributed by atoms with Crippen molar-refractivity contribution in [2.45, 2.75) is 19.4 Å².